The standard InChI is InChI=1S/C9H8ClFN2O4/c1-17-9(14)4-12-7-2-5(10)6(11)3-8(7)13(15)16/h2-3,12H,4H2,1H3. The van der Waals surface area contributed by atoms with Gasteiger partial charge >= 0.3 is 5.97 Å². The fraction of sp³-hybridized carbons (Fsp3) is 0.222. The van der Waals surface area contributed by atoms with Crippen LogP contribution in [0.1, 0.15) is 0 Å². The summed E-state index contributed by atoms with van der Waals surface area (Å²) < 4.78 is 17.4. The highest BCUT2D eigenvalue weighted by atomic mass is 35.5. The molecule has 1 rings (SSSR count). The molecule has 17 heavy (non-hydrogen) atoms. The van der Waals surface area contributed by atoms with E-state index in [1.807, 2.05) is 0 Å². The molecule has 8 heteroatoms. The minimum atomic E-state index is -0.901. The summed E-state index contributed by atoms with van der Waals surface area (Å²) in [4.78, 5) is 20.7. The zero-order valence-electron chi connectivity index (χ0n) is 8.70. The van der Waals surface area contributed by atoms with Gasteiger partial charge in [-0.15, -0.1) is 0 Å². The summed E-state index contributed by atoms with van der Waals surface area (Å²) in [5.41, 5.74) is -0.553. The van der Waals surface area contributed by atoms with Crippen molar-refractivity contribution in [2.45, 2.75) is 0 Å². The Morgan fingerprint density at radius 1 is 1.65 bits per heavy atom. The molecular formula is C9H8ClFN2O4. The van der Waals surface area contributed by atoms with Gasteiger partial charge in [0.05, 0.1) is 23.1 Å². The number of hydrogen-bond donors (Lipinski definition) is 1. The van der Waals surface area contributed by atoms with Crippen LogP contribution in [0, 0.1) is 15.9 Å². The van der Waals surface area contributed by atoms with Crippen LogP contribution in [0.2, 0.25) is 5.02 Å². The van der Waals surface area contributed by atoms with E-state index in [1.165, 1.54) is 7.11 Å². The highest BCUT2D eigenvalue weighted by molar-refractivity contribution is 6.31. The van der Waals surface area contributed by atoms with E-state index in [0.29, 0.717) is 6.07 Å². The van der Waals surface area contributed by atoms with Crippen LogP contribution in [0.25, 0.3) is 0 Å². The van der Waals surface area contributed by atoms with Crippen molar-refractivity contribution in [2.75, 3.05) is 19.0 Å². The van der Waals surface area contributed by atoms with E-state index >= 15 is 0 Å². The molecule has 0 unspecified atom stereocenters. The smallest absolute Gasteiger partial charge is 0.325 e. The van der Waals surface area contributed by atoms with Gasteiger partial charge in [-0.05, 0) is 6.07 Å². The maximum absolute atomic E-state index is 13.0. The normalized spacial score (nSPS) is 9.82. The van der Waals surface area contributed by atoms with Crippen molar-refractivity contribution in [3.63, 3.8) is 0 Å². The Labute approximate surface area is 100 Å². The molecule has 0 aliphatic rings. The summed E-state index contributed by atoms with van der Waals surface area (Å²) in [6, 6.07) is 1.72. The third-order valence-electron chi connectivity index (χ3n) is 1.89. The lowest BCUT2D eigenvalue weighted by atomic mass is 10.2. The highest BCUT2D eigenvalue weighted by Gasteiger charge is 2.18. The van der Waals surface area contributed by atoms with E-state index in [2.05, 4.69) is 10.1 Å². The number of nitro benzene ring substituents is 1. The maximum Gasteiger partial charge on any atom is 0.325 e. The van der Waals surface area contributed by atoms with E-state index in [9.17, 15) is 19.3 Å². The number of carbonyl (C=O) groups is 1. The molecule has 0 bridgehead atoms. The van der Waals surface area contributed by atoms with Crippen LogP contribution in [0.15, 0.2) is 12.1 Å². The second-order valence-corrected chi connectivity index (χ2v) is 3.38. The number of anilines is 1. The second kappa shape index (κ2) is 5.44. The van der Waals surface area contributed by atoms with Crippen molar-refractivity contribution in [1.82, 2.24) is 0 Å². The molecule has 0 radical (unpaired) electrons. The van der Waals surface area contributed by atoms with Crippen LogP contribution in [0.3, 0.4) is 0 Å². The first-order valence-electron chi connectivity index (χ1n) is 4.40. The zero-order chi connectivity index (χ0) is 13.0. The first kappa shape index (κ1) is 13.2. The van der Waals surface area contributed by atoms with Gasteiger partial charge in [0.15, 0.2) is 0 Å². The predicted molar refractivity (Wildman–Crippen MR) is 58.6 cm³/mol. The minimum absolute atomic E-state index is 0.0493. The highest BCUT2D eigenvalue weighted by Crippen LogP contribution is 2.30. The quantitative estimate of drug-likeness (QED) is 0.510. The fourth-order valence-corrected chi connectivity index (χ4v) is 1.23. The van der Waals surface area contributed by atoms with Crippen LogP contribution in [-0.4, -0.2) is 24.5 Å². The Morgan fingerprint density at radius 3 is 2.82 bits per heavy atom. The summed E-state index contributed by atoms with van der Waals surface area (Å²) in [6.07, 6.45) is 0. The van der Waals surface area contributed by atoms with Crippen LogP contribution in [-0.2, 0) is 9.53 Å². The lowest BCUT2D eigenvalue weighted by molar-refractivity contribution is -0.384. The first-order chi connectivity index (χ1) is 7.95. The SMILES string of the molecule is COC(=O)CNc1cc(Cl)c(F)cc1[N+](=O)[O-]. The van der Waals surface area contributed by atoms with Crippen molar-refractivity contribution in [2.24, 2.45) is 0 Å². The van der Waals surface area contributed by atoms with Gasteiger partial charge in [0, 0.05) is 0 Å². The molecule has 6 nitrogen and oxygen atoms in total. The van der Waals surface area contributed by atoms with Crippen LogP contribution in [0.4, 0.5) is 15.8 Å². The molecule has 1 aromatic rings. The van der Waals surface area contributed by atoms with E-state index in [-0.39, 0.29) is 17.3 Å². The average Bonchev–Trinajstić information content (AvgIpc) is 2.29. The zero-order valence-corrected chi connectivity index (χ0v) is 9.45. The van der Waals surface area contributed by atoms with Gasteiger partial charge in [-0.25, -0.2) is 4.39 Å². The largest absolute Gasteiger partial charge is 0.468 e. The summed E-state index contributed by atoms with van der Waals surface area (Å²) in [6.45, 7) is -0.278. The van der Waals surface area contributed by atoms with Gasteiger partial charge in [-0.2, -0.15) is 0 Å². The topological polar surface area (TPSA) is 81.5 Å². The minimum Gasteiger partial charge on any atom is -0.468 e. The first-order valence-corrected chi connectivity index (χ1v) is 4.77. The van der Waals surface area contributed by atoms with Crippen LogP contribution >= 0.6 is 11.6 Å². The number of ether oxygens (including phenoxy) is 1. The number of methoxy groups -OCH3 is 1. The van der Waals surface area contributed by atoms with Gasteiger partial charge in [0.2, 0.25) is 0 Å². The lowest BCUT2D eigenvalue weighted by Gasteiger charge is -2.06. The van der Waals surface area contributed by atoms with E-state index in [4.69, 9.17) is 11.6 Å². The Balaban J connectivity index is 3.00. The van der Waals surface area contributed by atoms with Crippen molar-refractivity contribution in [3.05, 3.63) is 33.1 Å². The molecule has 0 aliphatic heterocycles. The van der Waals surface area contributed by atoms with Gasteiger partial charge in [0.25, 0.3) is 5.69 Å². The molecular weight excluding hydrogens is 255 g/mol. The Morgan fingerprint density at radius 2 is 2.29 bits per heavy atom. The number of benzene rings is 1. The van der Waals surface area contributed by atoms with Crippen molar-refractivity contribution < 1.29 is 18.8 Å². The number of nitrogens with zero attached hydrogens (tertiary/aromatic N) is 1. The van der Waals surface area contributed by atoms with Gasteiger partial charge in [-0.3, -0.25) is 14.9 Å². The number of nitro groups is 1. The second-order valence-electron chi connectivity index (χ2n) is 2.97. The molecule has 0 amide bonds. The Bertz CT molecular complexity index is 467. The monoisotopic (exact) mass is 262 g/mol. The lowest BCUT2D eigenvalue weighted by Crippen LogP contribution is -2.15. The molecule has 0 fully saturated rings. The number of rotatable bonds is 4. The third kappa shape index (κ3) is 3.28. The maximum atomic E-state index is 13.0. The average molecular weight is 263 g/mol. The molecule has 1 aromatic carbocycles. The van der Waals surface area contributed by atoms with E-state index < -0.39 is 22.4 Å². The van der Waals surface area contributed by atoms with Crippen LogP contribution in [0.5, 0.6) is 0 Å². The van der Waals surface area contributed by atoms with E-state index in [1.54, 1.807) is 0 Å². The molecule has 0 saturated heterocycles. The summed E-state index contributed by atoms with van der Waals surface area (Å²) in [5, 5.41) is 12.8. The molecule has 0 spiro atoms. The third-order valence-corrected chi connectivity index (χ3v) is 2.18. The van der Waals surface area contributed by atoms with Crippen molar-refractivity contribution in [3.8, 4) is 0 Å². The number of nitrogens with one attached hydrogen (secondary N) is 1. The molecule has 0 aromatic heterocycles. The van der Waals surface area contributed by atoms with Crippen LogP contribution < -0.4 is 5.32 Å². The van der Waals surface area contributed by atoms with Gasteiger partial charge < -0.3 is 10.1 Å². The summed E-state index contributed by atoms with van der Waals surface area (Å²) in [7, 11) is 1.18. The number of hydrogen-bond acceptors (Lipinski definition) is 5. The fourth-order valence-electron chi connectivity index (χ4n) is 1.07. The van der Waals surface area contributed by atoms with Gasteiger partial charge in [-0.1, -0.05) is 11.6 Å². The van der Waals surface area contributed by atoms with E-state index in [0.717, 1.165) is 6.07 Å². The molecule has 1 N–H and O–H groups in total. The molecule has 0 aliphatic carbocycles. The molecule has 92 valence electrons. The van der Waals surface area contributed by atoms with Gasteiger partial charge in [0.1, 0.15) is 18.0 Å². The predicted octanol–water partition coefficient (Wildman–Crippen LogP) is 1.97. The van der Waals surface area contributed by atoms with Crippen molar-refractivity contribution in [1.29, 1.82) is 0 Å². The summed E-state index contributed by atoms with van der Waals surface area (Å²) in [5.74, 6) is -1.51. The molecule has 0 heterocycles. The Kier molecular flexibility index (Phi) is 4.22. The number of esters is 1. The van der Waals surface area contributed by atoms with Crippen molar-refractivity contribution >= 4 is 28.9 Å². The molecule has 0 atom stereocenters. The summed E-state index contributed by atoms with van der Waals surface area (Å²) >= 11 is 5.49. The number of halogens is 2. The Hall–Kier alpha value is -1.89. The number of carbonyl (C=O) groups excluding carboxylic acids is 1. The molecule has 0 saturated carbocycles.